The molecule has 1 heterocycles. The Bertz CT molecular complexity index is 808. The van der Waals surface area contributed by atoms with E-state index >= 15 is 0 Å². The van der Waals surface area contributed by atoms with Crippen LogP contribution in [0.4, 0.5) is 0 Å². The molecule has 1 unspecified atom stereocenters. The van der Waals surface area contributed by atoms with Crippen LogP contribution in [0.25, 0.3) is 0 Å². The van der Waals surface area contributed by atoms with Gasteiger partial charge in [-0.1, -0.05) is 29.3 Å². The van der Waals surface area contributed by atoms with E-state index in [1.807, 2.05) is 19.2 Å². The highest BCUT2D eigenvalue weighted by Crippen LogP contribution is 2.39. The molecule has 0 aliphatic carbocycles. The molecule has 0 saturated carbocycles. The summed E-state index contributed by atoms with van der Waals surface area (Å²) in [5.74, 6) is -0.326. The molecule has 1 atom stereocenters. The monoisotopic (exact) mass is 364 g/mol. The molecular weight excluding hydrogens is 347 g/mol. The van der Waals surface area contributed by atoms with Crippen LogP contribution >= 0.6 is 23.2 Å². The van der Waals surface area contributed by atoms with Crippen molar-refractivity contribution in [2.24, 2.45) is 0 Å². The number of amides is 1. The number of fused-ring (bicyclic) bond motifs is 1. The summed E-state index contributed by atoms with van der Waals surface area (Å²) in [5.41, 5.74) is 3.32. The van der Waals surface area contributed by atoms with Gasteiger partial charge in [0, 0.05) is 36.1 Å². The van der Waals surface area contributed by atoms with Gasteiger partial charge in [-0.3, -0.25) is 4.79 Å². The molecule has 0 fully saturated rings. The third kappa shape index (κ3) is 3.09. The number of nitrogens with zero attached hydrogens (tertiary/aromatic N) is 1. The molecule has 24 heavy (non-hydrogen) atoms. The fraction of sp³-hybridized carbons (Fsp3) is 0.278. The van der Waals surface area contributed by atoms with E-state index in [0.717, 1.165) is 29.8 Å². The molecule has 126 valence electrons. The minimum atomic E-state index is -0.317. The number of benzene rings is 2. The average Bonchev–Trinajstić information content (AvgIpc) is 2.55. The van der Waals surface area contributed by atoms with Gasteiger partial charge in [0.1, 0.15) is 5.75 Å². The van der Waals surface area contributed by atoms with E-state index in [1.165, 1.54) is 7.05 Å². The maximum Gasteiger partial charge on any atom is 0.254 e. The molecule has 1 aliphatic rings. The summed E-state index contributed by atoms with van der Waals surface area (Å²) in [7, 11) is 3.57. The van der Waals surface area contributed by atoms with Gasteiger partial charge in [0.05, 0.1) is 5.56 Å². The first-order valence-corrected chi connectivity index (χ1v) is 8.37. The van der Waals surface area contributed by atoms with Crippen molar-refractivity contribution in [3.05, 3.63) is 62.6 Å². The zero-order chi connectivity index (χ0) is 17.4. The Labute approximate surface area is 151 Å². The third-order valence-corrected chi connectivity index (χ3v) is 4.94. The number of carbonyl (C=O) groups excluding carboxylic acids is 1. The fourth-order valence-electron chi connectivity index (χ4n) is 3.22. The first kappa shape index (κ1) is 17.1. The van der Waals surface area contributed by atoms with Gasteiger partial charge in [0.25, 0.3) is 5.91 Å². The Hall–Kier alpha value is -1.75. The van der Waals surface area contributed by atoms with Gasteiger partial charge < -0.3 is 15.3 Å². The highest BCUT2D eigenvalue weighted by molar-refractivity contribution is 6.35. The van der Waals surface area contributed by atoms with Crippen molar-refractivity contribution in [3.8, 4) is 5.75 Å². The molecule has 2 aromatic carbocycles. The first-order valence-electron chi connectivity index (χ1n) is 7.62. The number of nitrogens with one attached hydrogen (secondary N) is 1. The van der Waals surface area contributed by atoms with Crippen LogP contribution in [0.1, 0.15) is 33.0 Å². The zero-order valence-corrected chi connectivity index (χ0v) is 14.9. The van der Waals surface area contributed by atoms with Crippen molar-refractivity contribution in [1.29, 1.82) is 0 Å². The van der Waals surface area contributed by atoms with Crippen molar-refractivity contribution in [2.45, 2.75) is 12.5 Å². The van der Waals surface area contributed by atoms with Crippen LogP contribution < -0.4 is 5.32 Å². The number of likely N-dealkylation sites (N-methyl/N-ethyl adjacent to an activating group) is 1. The minimum absolute atomic E-state index is 0.0268. The van der Waals surface area contributed by atoms with E-state index in [9.17, 15) is 9.90 Å². The first-order chi connectivity index (χ1) is 11.4. The van der Waals surface area contributed by atoms with E-state index in [1.54, 1.807) is 18.2 Å². The molecule has 6 heteroatoms. The van der Waals surface area contributed by atoms with E-state index in [-0.39, 0.29) is 23.1 Å². The molecule has 1 aliphatic heterocycles. The molecule has 2 aromatic rings. The number of phenols is 1. The summed E-state index contributed by atoms with van der Waals surface area (Å²) in [6, 6.07) is 8.82. The highest BCUT2D eigenvalue weighted by atomic mass is 35.5. The summed E-state index contributed by atoms with van der Waals surface area (Å²) in [4.78, 5) is 14.1. The van der Waals surface area contributed by atoms with Crippen molar-refractivity contribution in [1.82, 2.24) is 10.2 Å². The molecule has 0 spiro atoms. The zero-order valence-electron chi connectivity index (χ0n) is 13.4. The average molecular weight is 365 g/mol. The van der Waals surface area contributed by atoms with Crippen molar-refractivity contribution < 1.29 is 9.90 Å². The summed E-state index contributed by atoms with van der Waals surface area (Å²) in [6.45, 7) is 1.53. The quantitative estimate of drug-likeness (QED) is 0.855. The van der Waals surface area contributed by atoms with Gasteiger partial charge in [-0.25, -0.2) is 0 Å². The van der Waals surface area contributed by atoms with Crippen molar-refractivity contribution in [2.75, 3.05) is 20.6 Å². The second kappa shape index (κ2) is 6.63. The second-order valence-corrected chi connectivity index (χ2v) is 6.90. The van der Waals surface area contributed by atoms with Crippen molar-refractivity contribution >= 4 is 29.1 Å². The number of hydrogen-bond acceptors (Lipinski definition) is 3. The molecule has 0 radical (unpaired) electrons. The number of carbonyl (C=O) groups is 1. The lowest BCUT2D eigenvalue weighted by Crippen LogP contribution is -2.31. The summed E-state index contributed by atoms with van der Waals surface area (Å²) in [5, 5.41) is 13.8. The predicted octanol–water partition coefficient (Wildman–Crippen LogP) is 3.64. The smallest absolute Gasteiger partial charge is 0.254 e. The lowest BCUT2D eigenvalue weighted by atomic mass is 9.84. The predicted molar refractivity (Wildman–Crippen MR) is 96.1 cm³/mol. The van der Waals surface area contributed by atoms with Gasteiger partial charge in [-0.2, -0.15) is 0 Å². The number of aromatic hydroxyl groups is 1. The van der Waals surface area contributed by atoms with Crippen LogP contribution in [0, 0.1) is 0 Å². The minimum Gasteiger partial charge on any atom is -0.507 e. The van der Waals surface area contributed by atoms with Crippen LogP contribution in [0.15, 0.2) is 30.3 Å². The lowest BCUT2D eigenvalue weighted by molar-refractivity contribution is 0.0960. The van der Waals surface area contributed by atoms with E-state index in [4.69, 9.17) is 23.2 Å². The van der Waals surface area contributed by atoms with Gasteiger partial charge >= 0.3 is 0 Å². The molecule has 3 rings (SSSR count). The normalized spacial score (nSPS) is 17.4. The van der Waals surface area contributed by atoms with Crippen LogP contribution in [0.5, 0.6) is 5.75 Å². The summed E-state index contributed by atoms with van der Waals surface area (Å²) >= 11 is 12.6. The maximum atomic E-state index is 12.0. The third-order valence-electron chi connectivity index (χ3n) is 4.39. The van der Waals surface area contributed by atoms with E-state index in [2.05, 4.69) is 10.2 Å². The largest absolute Gasteiger partial charge is 0.507 e. The Balaban J connectivity index is 2.13. The van der Waals surface area contributed by atoms with Gasteiger partial charge in [-0.15, -0.1) is 0 Å². The second-order valence-electron chi connectivity index (χ2n) is 6.06. The lowest BCUT2D eigenvalue weighted by Gasteiger charge is -2.33. The van der Waals surface area contributed by atoms with Gasteiger partial charge in [0.2, 0.25) is 0 Å². The number of phenolic OH excluding ortho intramolecular Hbond substituents is 1. The van der Waals surface area contributed by atoms with Crippen molar-refractivity contribution in [3.63, 3.8) is 0 Å². The molecule has 0 aromatic heterocycles. The van der Waals surface area contributed by atoms with Crippen LogP contribution in [0.2, 0.25) is 10.0 Å². The van der Waals surface area contributed by atoms with Gasteiger partial charge in [0.15, 0.2) is 0 Å². The molecule has 4 nitrogen and oxygen atoms in total. The molecule has 2 N–H and O–H groups in total. The molecule has 1 amide bonds. The number of halogens is 2. The Morgan fingerprint density at radius 1 is 1.29 bits per heavy atom. The van der Waals surface area contributed by atoms with Crippen LogP contribution in [0.3, 0.4) is 0 Å². The molecule has 0 bridgehead atoms. The Kier molecular flexibility index (Phi) is 4.72. The summed E-state index contributed by atoms with van der Waals surface area (Å²) < 4.78 is 0. The van der Waals surface area contributed by atoms with E-state index < -0.39 is 0 Å². The molecular formula is C18H18Cl2N2O2. The van der Waals surface area contributed by atoms with Crippen LogP contribution in [-0.4, -0.2) is 36.6 Å². The standard InChI is InChI=1S/C18H18Cl2N2O2/c1-21-18(24)13-5-10(3-4-17(13)23)14-8-22(2)9-15-12(14)6-11(19)7-16(15)20/h3-7,14,23H,8-9H2,1-2H3,(H,21,24). The number of hydrogen-bond donors (Lipinski definition) is 2. The van der Waals surface area contributed by atoms with Crippen LogP contribution in [-0.2, 0) is 6.54 Å². The Morgan fingerprint density at radius 3 is 2.75 bits per heavy atom. The topological polar surface area (TPSA) is 52.6 Å². The highest BCUT2D eigenvalue weighted by Gasteiger charge is 2.28. The number of rotatable bonds is 2. The Morgan fingerprint density at radius 2 is 2.04 bits per heavy atom. The van der Waals surface area contributed by atoms with Gasteiger partial charge in [-0.05, 0) is 48.0 Å². The maximum absolute atomic E-state index is 12.0. The van der Waals surface area contributed by atoms with E-state index in [0.29, 0.717) is 10.0 Å². The fourth-order valence-corrected chi connectivity index (χ4v) is 3.79. The SMILES string of the molecule is CNC(=O)c1cc(C2CN(C)Cc3c(Cl)cc(Cl)cc32)ccc1O. The molecule has 0 saturated heterocycles. The summed E-state index contributed by atoms with van der Waals surface area (Å²) in [6.07, 6.45) is 0.